The number of rotatable bonds is 5. The first-order chi connectivity index (χ1) is 9.20. The summed E-state index contributed by atoms with van der Waals surface area (Å²) in [7, 11) is 0.211. The van der Waals surface area contributed by atoms with Crippen molar-refractivity contribution in [2.75, 3.05) is 7.11 Å². The Hall–Kier alpha value is -1.43. The lowest BCUT2D eigenvalue weighted by Crippen LogP contribution is -2.32. The van der Waals surface area contributed by atoms with Gasteiger partial charge in [-0.15, -0.1) is 11.8 Å². The van der Waals surface area contributed by atoms with Crippen LogP contribution in [0.2, 0.25) is 0 Å². The molecule has 0 saturated heterocycles. The molecule has 0 saturated carbocycles. The molecule has 2 aromatic rings. The summed E-state index contributed by atoms with van der Waals surface area (Å²) in [6.45, 7) is 0. The maximum absolute atomic E-state index is 9.31. The Labute approximate surface area is 117 Å². The van der Waals surface area contributed by atoms with Crippen LogP contribution in [0.3, 0.4) is 0 Å². The van der Waals surface area contributed by atoms with Crippen LogP contribution in [-0.4, -0.2) is 24.3 Å². The summed E-state index contributed by atoms with van der Waals surface area (Å²) in [6.07, 6.45) is 0. The summed E-state index contributed by atoms with van der Waals surface area (Å²) in [6, 6.07) is 15.1. The van der Waals surface area contributed by atoms with E-state index in [1.54, 1.807) is 31.0 Å². The molecule has 0 unspecified atom stereocenters. The number of hydrogen-bond donors (Lipinski definition) is 2. The average Bonchev–Trinajstić information content (AvgIpc) is 2.45. The lowest BCUT2D eigenvalue weighted by Gasteiger charge is -2.09. The van der Waals surface area contributed by atoms with Crippen LogP contribution in [0.15, 0.2) is 53.4 Å². The SMILES string of the molecule is COc1cccc(SCc2ccccc2B(O)O)c1. The van der Waals surface area contributed by atoms with E-state index in [-0.39, 0.29) is 0 Å². The average molecular weight is 274 g/mol. The van der Waals surface area contributed by atoms with Gasteiger partial charge in [-0.2, -0.15) is 0 Å². The first kappa shape index (κ1) is 14.0. The molecule has 5 heteroatoms. The molecule has 0 radical (unpaired) electrons. The fourth-order valence-electron chi connectivity index (χ4n) is 1.77. The van der Waals surface area contributed by atoms with Crippen molar-refractivity contribution in [3.05, 3.63) is 54.1 Å². The maximum atomic E-state index is 9.31. The number of benzene rings is 2. The highest BCUT2D eigenvalue weighted by Crippen LogP contribution is 2.25. The minimum Gasteiger partial charge on any atom is -0.497 e. The molecule has 19 heavy (non-hydrogen) atoms. The zero-order valence-electron chi connectivity index (χ0n) is 10.6. The second-order valence-electron chi connectivity index (χ2n) is 4.04. The van der Waals surface area contributed by atoms with Crippen LogP contribution in [0.4, 0.5) is 0 Å². The van der Waals surface area contributed by atoms with Gasteiger partial charge in [-0.25, -0.2) is 0 Å². The van der Waals surface area contributed by atoms with Crippen LogP contribution in [0.5, 0.6) is 5.75 Å². The van der Waals surface area contributed by atoms with E-state index in [0.29, 0.717) is 11.2 Å². The Morgan fingerprint density at radius 1 is 1.11 bits per heavy atom. The van der Waals surface area contributed by atoms with E-state index in [9.17, 15) is 10.0 Å². The molecule has 0 heterocycles. The Kier molecular flexibility index (Phi) is 4.90. The van der Waals surface area contributed by atoms with Crippen molar-refractivity contribution < 1.29 is 14.8 Å². The first-order valence-corrected chi connectivity index (χ1v) is 6.90. The molecule has 0 aliphatic rings. The minimum atomic E-state index is -1.43. The van der Waals surface area contributed by atoms with Gasteiger partial charge < -0.3 is 14.8 Å². The number of methoxy groups -OCH3 is 1. The van der Waals surface area contributed by atoms with Crippen molar-refractivity contribution in [2.45, 2.75) is 10.6 Å². The molecule has 0 aliphatic heterocycles. The molecule has 0 spiro atoms. The third kappa shape index (κ3) is 3.77. The normalized spacial score (nSPS) is 10.3. The highest BCUT2D eigenvalue weighted by Gasteiger charge is 2.14. The lowest BCUT2D eigenvalue weighted by molar-refractivity contribution is 0.413. The van der Waals surface area contributed by atoms with Gasteiger partial charge in [0.15, 0.2) is 0 Å². The summed E-state index contributed by atoms with van der Waals surface area (Å²) in [4.78, 5) is 1.08. The van der Waals surface area contributed by atoms with E-state index in [4.69, 9.17) is 4.74 Å². The Morgan fingerprint density at radius 2 is 1.89 bits per heavy atom. The fourth-order valence-corrected chi connectivity index (χ4v) is 2.73. The minimum absolute atomic E-state index is 0.554. The van der Waals surface area contributed by atoms with Crippen LogP contribution in [-0.2, 0) is 5.75 Å². The zero-order valence-corrected chi connectivity index (χ0v) is 11.4. The molecular formula is C14H15BO3S. The third-order valence-electron chi connectivity index (χ3n) is 2.77. The summed E-state index contributed by atoms with van der Waals surface area (Å²) < 4.78 is 5.18. The molecule has 3 nitrogen and oxygen atoms in total. The van der Waals surface area contributed by atoms with Crippen LogP contribution in [0.25, 0.3) is 0 Å². The topological polar surface area (TPSA) is 49.7 Å². The predicted octanol–water partition coefficient (Wildman–Crippen LogP) is 1.67. The van der Waals surface area contributed by atoms with Crippen LogP contribution in [0.1, 0.15) is 5.56 Å². The van der Waals surface area contributed by atoms with Gasteiger partial charge in [-0.1, -0.05) is 30.3 Å². The second-order valence-corrected chi connectivity index (χ2v) is 5.09. The molecule has 0 amide bonds. The summed E-state index contributed by atoms with van der Waals surface area (Å²) in [5.74, 6) is 1.50. The molecule has 0 bridgehead atoms. The molecular weight excluding hydrogens is 259 g/mol. The fraction of sp³-hybridized carbons (Fsp3) is 0.143. The lowest BCUT2D eigenvalue weighted by atomic mass is 9.77. The van der Waals surface area contributed by atoms with Gasteiger partial charge in [0.1, 0.15) is 5.75 Å². The zero-order chi connectivity index (χ0) is 13.7. The molecule has 0 aromatic heterocycles. The van der Waals surface area contributed by atoms with Gasteiger partial charge in [0.2, 0.25) is 0 Å². The van der Waals surface area contributed by atoms with E-state index in [1.165, 1.54) is 0 Å². The van der Waals surface area contributed by atoms with Crippen molar-refractivity contribution in [3.8, 4) is 5.75 Å². The van der Waals surface area contributed by atoms with Crippen LogP contribution < -0.4 is 10.2 Å². The highest BCUT2D eigenvalue weighted by atomic mass is 32.2. The van der Waals surface area contributed by atoms with Gasteiger partial charge in [0, 0.05) is 10.6 Å². The summed E-state index contributed by atoms with van der Waals surface area (Å²) >= 11 is 1.63. The molecule has 0 atom stereocenters. The van der Waals surface area contributed by atoms with Gasteiger partial charge in [0.25, 0.3) is 0 Å². The second kappa shape index (κ2) is 6.66. The van der Waals surface area contributed by atoms with E-state index < -0.39 is 7.12 Å². The maximum Gasteiger partial charge on any atom is 0.488 e. The van der Waals surface area contributed by atoms with Crippen LogP contribution >= 0.6 is 11.8 Å². The number of thioether (sulfide) groups is 1. The van der Waals surface area contributed by atoms with Crippen molar-refractivity contribution in [1.29, 1.82) is 0 Å². The third-order valence-corrected chi connectivity index (χ3v) is 3.81. The predicted molar refractivity (Wildman–Crippen MR) is 78.8 cm³/mol. The monoisotopic (exact) mass is 274 g/mol. The quantitative estimate of drug-likeness (QED) is 0.643. The van der Waals surface area contributed by atoms with Gasteiger partial charge >= 0.3 is 7.12 Å². The standard InChI is InChI=1S/C14H15BO3S/c1-18-12-6-4-7-13(9-12)19-10-11-5-2-3-8-14(11)15(16)17/h2-9,16-17H,10H2,1H3. The summed E-state index contributed by atoms with van der Waals surface area (Å²) in [5, 5.41) is 18.6. The molecule has 2 rings (SSSR count). The molecule has 2 N–H and O–H groups in total. The molecule has 0 aliphatic carbocycles. The van der Waals surface area contributed by atoms with Gasteiger partial charge in [-0.05, 0) is 29.2 Å². The van der Waals surface area contributed by atoms with Crippen molar-refractivity contribution in [1.82, 2.24) is 0 Å². The molecule has 2 aromatic carbocycles. The van der Waals surface area contributed by atoms with Crippen LogP contribution in [0, 0.1) is 0 Å². The van der Waals surface area contributed by atoms with Crippen molar-refractivity contribution >= 4 is 24.3 Å². The Bertz CT molecular complexity index is 546. The van der Waals surface area contributed by atoms with E-state index in [1.807, 2.05) is 36.4 Å². The van der Waals surface area contributed by atoms with E-state index in [0.717, 1.165) is 16.2 Å². The van der Waals surface area contributed by atoms with Gasteiger partial charge in [0.05, 0.1) is 7.11 Å². The molecule has 0 fully saturated rings. The Morgan fingerprint density at radius 3 is 2.63 bits per heavy atom. The summed E-state index contributed by atoms with van der Waals surface area (Å²) in [5.41, 5.74) is 1.48. The van der Waals surface area contributed by atoms with Crippen molar-refractivity contribution in [2.24, 2.45) is 0 Å². The van der Waals surface area contributed by atoms with E-state index in [2.05, 4.69) is 0 Å². The number of hydrogen-bond acceptors (Lipinski definition) is 4. The van der Waals surface area contributed by atoms with E-state index >= 15 is 0 Å². The largest absolute Gasteiger partial charge is 0.497 e. The smallest absolute Gasteiger partial charge is 0.488 e. The first-order valence-electron chi connectivity index (χ1n) is 5.91. The Balaban J connectivity index is 2.10. The van der Waals surface area contributed by atoms with Gasteiger partial charge in [-0.3, -0.25) is 0 Å². The van der Waals surface area contributed by atoms with Crippen molar-refractivity contribution in [3.63, 3.8) is 0 Å². The number of ether oxygens (including phenoxy) is 1. The molecule has 98 valence electrons. The highest BCUT2D eigenvalue weighted by molar-refractivity contribution is 7.98.